The Morgan fingerprint density at radius 3 is 2.30 bits per heavy atom. The SMILES string of the molecule is O=C1CCC(c2c(F)cc(N3CC(N(C(=O)O)C4CCSCC4)C3)cc2F)C(=O)N1. The predicted octanol–water partition coefficient (Wildman–Crippen LogP) is 2.55. The van der Waals surface area contributed by atoms with Crippen molar-refractivity contribution in [1.29, 1.82) is 0 Å². The van der Waals surface area contributed by atoms with Gasteiger partial charge in [0.15, 0.2) is 0 Å². The van der Waals surface area contributed by atoms with Gasteiger partial charge in [0.2, 0.25) is 11.8 Å². The van der Waals surface area contributed by atoms with E-state index in [0.717, 1.165) is 24.3 Å². The summed E-state index contributed by atoms with van der Waals surface area (Å²) in [5.74, 6) is -1.97. The lowest BCUT2D eigenvalue weighted by Gasteiger charge is -2.48. The van der Waals surface area contributed by atoms with Gasteiger partial charge in [-0.05, 0) is 42.9 Å². The Morgan fingerprint density at radius 1 is 1.10 bits per heavy atom. The minimum atomic E-state index is -1.03. The fourth-order valence-electron chi connectivity index (χ4n) is 4.47. The molecule has 3 amide bonds. The van der Waals surface area contributed by atoms with Crippen LogP contribution in [-0.2, 0) is 9.59 Å². The van der Waals surface area contributed by atoms with Crippen molar-refractivity contribution < 1.29 is 28.3 Å². The maximum absolute atomic E-state index is 14.7. The summed E-state index contributed by atoms with van der Waals surface area (Å²) in [5, 5.41) is 11.8. The lowest BCUT2D eigenvalue weighted by molar-refractivity contribution is -0.134. The fraction of sp³-hybridized carbons (Fsp3) is 0.550. The summed E-state index contributed by atoms with van der Waals surface area (Å²) in [7, 11) is 0. The Morgan fingerprint density at radius 2 is 1.73 bits per heavy atom. The van der Waals surface area contributed by atoms with E-state index in [1.165, 1.54) is 17.0 Å². The number of hydrogen-bond acceptors (Lipinski definition) is 5. The molecule has 162 valence electrons. The van der Waals surface area contributed by atoms with Gasteiger partial charge in [0.05, 0.1) is 12.0 Å². The molecule has 1 unspecified atom stereocenters. The van der Waals surface area contributed by atoms with Crippen LogP contribution in [0, 0.1) is 11.6 Å². The van der Waals surface area contributed by atoms with Crippen LogP contribution in [0.4, 0.5) is 19.3 Å². The van der Waals surface area contributed by atoms with Crippen LogP contribution in [0.2, 0.25) is 0 Å². The molecule has 3 heterocycles. The zero-order valence-corrected chi connectivity index (χ0v) is 17.1. The Kier molecular flexibility index (Phi) is 5.86. The van der Waals surface area contributed by atoms with Crippen molar-refractivity contribution in [3.8, 4) is 0 Å². The van der Waals surface area contributed by atoms with Gasteiger partial charge in [0.25, 0.3) is 0 Å². The highest BCUT2D eigenvalue weighted by Crippen LogP contribution is 2.35. The molecule has 7 nitrogen and oxygen atoms in total. The topological polar surface area (TPSA) is 90.0 Å². The van der Waals surface area contributed by atoms with E-state index in [0.29, 0.717) is 18.8 Å². The highest BCUT2D eigenvalue weighted by Gasteiger charge is 2.40. The number of nitrogens with one attached hydrogen (secondary N) is 1. The number of carbonyl (C=O) groups is 3. The zero-order chi connectivity index (χ0) is 21.4. The quantitative estimate of drug-likeness (QED) is 0.701. The summed E-state index contributed by atoms with van der Waals surface area (Å²) >= 11 is 1.82. The fourth-order valence-corrected chi connectivity index (χ4v) is 5.55. The number of imide groups is 1. The second kappa shape index (κ2) is 8.41. The maximum atomic E-state index is 14.7. The van der Waals surface area contributed by atoms with Crippen LogP contribution in [0.25, 0.3) is 0 Å². The normalized spacial score (nSPS) is 23.1. The number of amides is 3. The van der Waals surface area contributed by atoms with Crippen molar-refractivity contribution in [3.05, 3.63) is 29.3 Å². The Balaban J connectivity index is 1.46. The first-order chi connectivity index (χ1) is 14.3. The number of nitrogens with zero attached hydrogens (tertiary/aromatic N) is 2. The highest BCUT2D eigenvalue weighted by atomic mass is 32.2. The summed E-state index contributed by atoms with van der Waals surface area (Å²) < 4.78 is 29.4. The third kappa shape index (κ3) is 3.97. The lowest BCUT2D eigenvalue weighted by Crippen LogP contribution is -2.63. The van der Waals surface area contributed by atoms with Crippen LogP contribution in [0.15, 0.2) is 12.1 Å². The molecule has 3 aliphatic heterocycles. The van der Waals surface area contributed by atoms with Crippen molar-refractivity contribution >= 4 is 35.4 Å². The first kappa shape index (κ1) is 20.9. The summed E-state index contributed by atoms with van der Waals surface area (Å²) in [6, 6.07) is 2.14. The number of carbonyl (C=O) groups excluding carboxylic acids is 2. The van der Waals surface area contributed by atoms with E-state index in [1.54, 1.807) is 4.90 Å². The van der Waals surface area contributed by atoms with E-state index in [-0.39, 0.29) is 30.5 Å². The van der Waals surface area contributed by atoms with Crippen molar-refractivity contribution in [2.45, 2.75) is 43.7 Å². The summed E-state index contributed by atoms with van der Waals surface area (Å²) in [6.07, 6.45) is 0.781. The Hall–Kier alpha value is -2.36. The van der Waals surface area contributed by atoms with Crippen LogP contribution in [0.5, 0.6) is 0 Å². The van der Waals surface area contributed by atoms with Gasteiger partial charge >= 0.3 is 6.09 Å². The van der Waals surface area contributed by atoms with Gasteiger partial charge in [0.1, 0.15) is 11.6 Å². The van der Waals surface area contributed by atoms with Crippen molar-refractivity contribution in [2.75, 3.05) is 29.5 Å². The van der Waals surface area contributed by atoms with Gasteiger partial charge in [-0.15, -0.1) is 0 Å². The average molecular weight is 439 g/mol. The van der Waals surface area contributed by atoms with Crippen LogP contribution in [-0.4, -0.2) is 64.6 Å². The monoisotopic (exact) mass is 439 g/mol. The molecule has 0 radical (unpaired) electrons. The molecular weight excluding hydrogens is 416 g/mol. The maximum Gasteiger partial charge on any atom is 0.407 e. The second-order valence-corrected chi connectivity index (χ2v) is 9.14. The largest absolute Gasteiger partial charge is 0.465 e. The van der Waals surface area contributed by atoms with E-state index < -0.39 is 35.5 Å². The molecule has 30 heavy (non-hydrogen) atoms. The minimum absolute atomic E-state index is 0.0146. The van der Waals surface area contributed by atoms with Crippen LogP contribution < -0.4 is 10.2 Å². The average Bonchev–Trinajstić information content (AvgIpc) is 2.65. The van der Waals surface area contributed by atoms with Gasteiger partial charge in [-0.25, -0.2) is 13.6 Å². The number of carboxylic acid groups (broad SMARTS) is 1. The number of hydrogen-bond donors (Lipinski definition) is 2. The number of benzene rings is 1. The Bertz CT molecular complexity index is 849. The molecule has 0 aromatic heterocycles. The summed E-state index contributed by atoms with van der Waals surface area (Å²) in [5.41, 5.74) is -0.00507. The molecule has 10 heteroatoms. The lowest BCUT2D eigenvalue weighted by atomic mass is 9.89. The van der Waals surface area contributed by atoms with E-state index >= 15 is 0 Å². The molecule has 0 bridgehead atoms. The number of rotatable bonds is 4. The number of thioether (sulfide) groups is 1. The molecule has 3 aliphatic rings. The second-order valence-electron chi connectivity index (χ2n) is 7.92. The van der Waals surface area contributed by atoms with Crippen molar-refractivity contribution in [1.82, 2.24) is 10.2 Å². The van der Waals surface area contributed by atoms with E-state index in [4.69, 9.17) is 0 Å². The molecule has 3 fully saturated rings. The molecule has 3 saturated heterocycles. The van der Waals surface area contributed by atoms with Crippen LogP contribution in [0.1, 0.15) is 37.2 Å². The summed E-state index contributed by atoms with van der Waals surface area (Å²) in [6.45, 7) is 0.735. The van der Waals surface area contributed by atoms with Gasteiger partial charge < -0.3 is 10.0 Å². The minimum Gasteiger partial charge on any atom is -0.465 e. The molecule has 0 spiro atoms. The van der Waals surface area contributed by atoms with Gasteiger partial charge in [0, 0.05) is 36.8 Å². The Labute approximate surface area is 176 Å². The van der Waals surface area contributed by atoms with Crippen molar-refractivity contribution in [3.63, 3.8) is 0 Å². The molecule has 4 rings (SSSR count). The smallest absolute Gasteiger partial charge is 0.407 e. The molecule has 0 saturated carbocycles. The van der Waals surface area contributed by atoms with Crippen LogP contribution >= 0.6 is 11.8 Å². The van der Waals surface area contributed by atoms with Gasteiger partial charge in [-0.1, -0.05) is 0 Å². The molecule has 1 atom stereocenters. The highest BCUT2D eigenvalue weighted by molar-refractivity contribution is 7.99. The third-order valence-electron chi connectivity index (χ3n) is 6.08. The predicted molar refractivity (Wildman–Crippen MR) is 108 cm³/mol. The van der Waals surface area contributed by atoms with Gasteiger partial charge in [-0.3, -0.25) is 19.8 Å². The molecule has 1 aromatic carbocycles. The van der Waals surface area contributed by atoms with Crippen molar-refractivity contribution in [2.24, 2.45) is 0 Å². The zero-order valence-electron chi connectivity index (χ0n) is 16.3. The molecular formula is C20H23F2N3O4S. The molecule has 1 aromatic rings. The molecule has 0 aliphatic carbocycles. The number of anilines is 1. The third-order valence-corrected chi connectivity index (χ3v) is 7.13. The first-order valence-electron chi connectivity index (χ1n) is 10.0. The van der Waals surface area contributed by atoms with E-state index in [9.17, 15) is 28.3 Å². The standard InChI is InChI=1S/C20H23F2N3O4S/c21-15-7-12(8-16(22)18(15)14-1-2-17(26)23-19(14)27)24-9-13(10-24)25(20(28)29)11-3-5-30-6-4-11/h7-8,11,13-14H,1-6,9-10H2,(H,28,29)(H,23,26,27). The van der Waals surface area contributed by atoms with E-state index in [1.807, 2.05) is 11.8 Å². The number of halogens is 2. The van der Waals surface area contributed by atoms with E-state index in [2.05, 4.69) is 5.32 Å². The number of piperidine rings is 1. The molecule has 2 N–H and O–H groups in total. The summed E-state index contributed by atoms with van der Waals surface area (Å²) in [4.78, 5) is 38.3. The van der Waals surface area contributed by atoms with Crippen LogP contribution in [0.3, 0.4) is 0 Å². The van der Waals surface area contributed by atoms with Gasteiger partial charge in [-0.2, -0.15) is 11.8 Å². The first-order valence-corrected chi connectivity index (χ1v) is 11.2.